The van der Waals surface area contributed by atoms with Crippen molar-refractivity contribution in [2.75, 3.05) is 19.6 Å². The fourth-order valence-corrected chi connectivity index (χ4v) is 4.29. The van der Waals surface area contributed by atoms with Crippen molar-refractivity contribution in [1.82, 2.24) is 9.80 Å². The van der Waals surface area contributed by atoms with Crippen molar-refractivity contribution >= 4 is 11.8 Å². The van der Waals surface area contributed by atoms with Crippen molar-refractivity contribution in [3.05, 3.63) is 35.6 Å². The molecule has 1 aliphatic carbocycles. The normalized spacial score (nSPS) is 21.2. The lowest BCUT2D eigenvalue weighted by Gasteiger charge is -2.35. The summed E-state index contributed by atoms with van der Waals surface area (Å²) in [6.45, 7) is 3.87. The van der Waals surface area contributed by atoms with Crippen molar-refractivity contribution in [2.24, 2.45) is 5.92 Å². The van der Waals surface area contributed by atoms with Gasteiger partial charge < -0.3 is 9.80 Å². The maximum absolute atomic E-state index is 13.0. The van der Waals surface area contributed by atoms with E-state index in [2.05, 4.69) is 0 Å². The molecule has 4 nitrogen and oxygen atoms in total. The standard InChI is InChI=1S/C21H29FN2O2/c1-2-24(19-6-4-3-5-7-19)21(26)17-14-20(25)23(15-17)13-12-16-8-10-18(22)11-9-16/h8-11,17,19H,2-7,12-15H2,1H3. The summed E-state index contributed by atoms with van der Waals surface area (Å²) in [5.41, 5.74) is 1.01. The second kappa shape index (κ2) is 8.65. The summed E-state index contributed by atoms with van der Waals surface area (Å²) in [6, 6.07) is 6.73. The lowest BCUT2D eigenvalue weighted by Crippen LogP contribution is -2.45. The number of carbonyl (C=O) groups excluding carboxylic acids is 2. The van der Waals surface area contributed by atoms with E-state index < -0.39 is 0 Å². The Morgan fingerprint density at radius 1 is 1.19 bits per heavy atom. The first-order valence-electron chi connectivity index (χ1n) is 9.91. The molecule has 1 saturated heterocycles. The third-order valence-corrected chi connectivity index (χ3v) is 5.79. The number of nitrogens with zero attached hydrogens (tertiary/aromatic N) is 2. The Hall–Kier alpha value is -1.91. The van der Waals surface area contributed by atoms with Crippen LogP contribution < -0.4 is 0 Å². The molecule has 2 aliphatic rings. The molecule has 1 aromatic carbocycles. The summed E-state index contributed by atoms with van der Waals surface area (Å²) in [6.07, 6.45) is 6.85. The quantitative estimate of drug-likeness (QED) is 0.780. The molecule has 1 atom stereocenters. The minimum atomic E-state index is -0.251. The molecule has 0 spiro atoms. The van der Waals surface area contributed by atoms with E-state index in [1.165, 1.54) is 31.4 Å². The highest BCUT2D eigenvalue weighted by Gasteiger charge is 2.37. The van der Waals surface area contributed by atoms with Crippen LogP contribution in [0.3, 0.4) is 0 Å². The monoisotopic (exact) mass is 360 g/mol. The zero-order chi connectivity index (χ0) is 18.5. The summed E-state index contributed by atoms with van der Waals surface area (Å²) in [5, 5.41) is 0. The van der Waals surface area contributed by atoms with Gasteiger partial charge in [-0.05, 0) is 43.9 Å². The van der Waals surface area contributed by atoms with Gasteiger partial charge in [-0.1, -0.05) is 31.4 Å². The summed E-state index contributed by atoms with van der Waals surface area (Å²) < 4.78 is 13.0. The summed E-state index contributed by atoms with van der Waals surface area (Å²) >= 11 is 0. The summed E-state index contributed by atoms with van der Waals surface area (Å²) in [5.74, 6) is -0.251. The van der Waals surface area contributed by atoms with Gasteiger partial charge in [0.15, 0.2) is 0 Å². The Balaban J connectivity index is 1.55. The molecule has 1 heterocycles. The van der Waals surface area contributed by atoms with Crippen molar-refractivity contribution < 1.29 is 14.0 Å². The van der Waals surface area contributed by atoms with Crippen LogP contribution >= 0.6 is 0 Å². The number of benzene rings is 1. The average Bonchev–Trinajstić information content (AvgIpc) is 3.03. The van der Waals surface area contributed by atoms with Gasteiger partial charge in [0.05, 0.1) is 5.92 Å². The van der Waals surface area contributed by atoms with Gasteiger partial charge >= 0.3 is 0 Å². The van der Waals surface area contributed by atoms with Gasteiger partial charge in [-0.15, -0.1) is 0 Å². The number of amides is 2. The van der Waals surface area contributed by atoms with Crippen molar-refractivity contribution in [3.63, 3.8) is 0 Å². The molecule has 0 aromatic heterocycles. The fraction of sp³-hybridized carbons (Fsp3) is 0.619. The number of halogens is 1. The molecule has 0 N–H and O–H groups in total. The molecule has 26 heavy (non-hydrogen) atoms. The molecule has 142 valence electrons. The van der Waals surface area contributed by atoms with Crippen LogP contribution in [0.25, 0.3) is 0 Å². The van der Waals surface area contributed by atoms with Gasteiger partial charge in [0.2, 0.25) is 11.8 Å². The average molecular weight is 360 g/mol. The first-order chi connectivity index (χ1) is 12.6. The second-order valence-corrected chi connectivity index (χ2v) is 7.53. The van der Waals surface area contributed by atoms with Gasteiger partial charge in [0, 0.05) is 32.1 Å². The molecule has 1 aliphatic heterocycles. The number of hydrogen-bond donors (Lipinski definition) is 0. The molecule has 2 fully saturated rings. The van der Waals surface area contributed by atoms with E-state index in [0.29, 0.717) is 32.0 Å². The zero-order valence-corrected chi connectivity index (χ0v) is 15.6. The van der Waals surface area contributed by atoms with Crippen molar-refractivity contribution in [2.45, 2.75) is 57.9 Å². The Bertz CT molecular complexity index is 625. The van der Waals surface area contributed by atoms with E-state index in [1.807, 2.05) is 11.8 Å². The van der Waals surface area contributed by atoms with Crippen LogP contribution in [0, 0.1) is 11.7 Å². The lowest BCUT2D eigenvalue weighted by molar-refractivity contribution is -0.138. The van der Waals surface area contributed by atoms with Gasteiger partial charge in [0.25, 0.3) is 0 Å². The van der Waals surface area contributed by atoms with Crippen LogP contribution in [-0.4, -0.2) is 47.3 Å². The van der Waals surface area contributed by atoms with Crippen molar-refractivity contribution in [1.29, 1.82) is 0 Å². The second-order valence-electron chi connectivity index (χ2n) is 7.53. The molecular weight excluding hydrogens is 331 g/mol. The SMILES string of the molecule is CCN(C(=O)C1CC(=O)N(CCc2ccc(F)cc2)C1)C1CCCCC1. The third-order valence-electron chi connectivity index (χ3n) is 5.79. The Labute approximate surface area is 155 Å². The number of carbonyl (C=O) groups is 2. The zero-order valence-electron chi connectivity index (χ0n) is 15.6. The van der Waals surface area contributed by atoms with Gasteiger partial charge in [-0.25, -0.2) is 4.39 Å². The van der Waals surface area contributed by atoms with Gasteiger partial charge in [-0.3, -0.25) is 9.59 Å². The molecular formula is C21H29FN2O2. The summed E-state index contributed by atoms with van der Waals surface area (Å²) in [4.78, 5) is 29.1. The molecule has 1 unspecified atom stereocenters. The first kappa shape index (κ1) is 18.9. The van der Waals surface area contributed by atoms with E-state index in [0.717, 1.165) is 24.9 Å². The molecule has 5 heteroatoms. The van der Waals surface area contributed by atoms with Crippen LogP contribution in [-0.2, 0) is 16.0 Å². The maximum atomic E-state index is 13.0. The van der Waals surface area contributed by atoms with Crippen LogP contribution in [0.4, 0.5) is 4.39 Å². The number of rotatable bonds is 6. The predicted molar refractivity (Wildman–Crippen MR) is 99.1 cm³/mol. The smallest absolute Gasteiger partial charge is 0.228 e. The Morgan fingerprint density at radius 3 is 2.54 bits per heavy atom. The summed E-state index contributed by atoms with van der Waals surface area (Å²) in [7, 11) is 0. The highest BCUT2D eigenvalue weighted by molar-refractivity contribution is 5.89. The largest absolute Gasteiger partial charge is 0.342 e. The lowest BCUT2D eigenvalue weighted by atomic mass is 9.93. The van der Waals surface area contributed by atoms with E-state index >= 15 is 0 Å². The van der Waals surface area contributed by atoms with E-state index in [1.54, 1.807) is 17.0 Å². The molecule has 1 saturated carbocycles. The molecule has 0 bridgehead atoms. The molecule has 2 amide bonds. The maximum Gasteiger partial charge on any atom is 0.228 e. The topological polar surface area (TPSA) is 40.6 Å². The first-order valence-corrected chi connectivity index (χ1v) is 9.91. The van der Waals surface area contributed by atoms with Crippen LogP contribution in [0.5, 0.6) is 0 Å². The Morgan fingerprint density at radius 2 is 1.88 bits per heavy atom. The van der Waals surface area contributed by atoms with Crippen LogP contribution in [0.15, 0.2) is 24.3 Å². The van der Waals surface area contributed by atoms with E-state index in [-0.39, 0.29) is 23.5 Å². The van der Waals surface area contributed by atoms with Crippen molar-refractivity contribution in [3.8, 4) is 0 Å². The number of likely N-dealkylation sites (tertiary alicyclic amines) is 1. The fourth-order valence-electron chi connectivity index (χ4n) is 4.29. The highest BCUT2D eigenvalue weighted by Crippen LogP contribution is 2.27. The molecule has 1 aromatic rings. The van der Waals surface area contributed by atoms with Gasteiger partial charge in [0.1, 0.15) is 5.82 Å². The van der Waals surface area contributed by atoms with Gasteiger partial charge in [-0.2, -0.15) is 0 Å². The predicted octanol–water partition coefficient (Wildman–Crippen LogP) is 3.40. The number of hydrogen-bond acceptors (Lipinski definition) is 2. The van der Waals surface area contributed by atoms with E-state index in [9.17, 15) is 14.0 Å². The van der Waals surface area contributed by atoms with Crippen LogP contribution in [0.1, 0.15) is 51.0 Å². The highest BCUT2D eigenvalue weighted by atomic mass is 19.1. The minimum absolute atomic E-state index is 0.0603. The van der Waals surface area contributed by atoms with E-state index in [4.69, 9.17) is 0 Å². The molecule has 3 rings (SSSR count). The minimum Gasteiger partial charge on any atom is -0.342 e. The third kappa shape index (κ3) is 4.43. The van der Waals surface area contributed by atoms with Crippen LogP contribution in [0.2, 0.25) is 0 Å². The Kier molecular flexibility index (Phi) is 6.28. The molecule has 0 radical (unpaired) electrons.